The van der Waals surface area contributed by atoms with E-state index in [-0.39, 0.29) is 23.4 Å². The monoisotopic (exact) mass is 902 g/mol. The van der Waals surface area contributed by atoms with Gasteiger partial charge in [-0.1, -0.05) is 51.5 Å². The Morgan fingerprint density at radius 3 is 1.36 bits per heavy atom. The van der Waals surface area contributed by atoms with Crippen molar-refractivity contribution in [1.29, 1.82) is 0 Å². The Morgan fingerprint density at radius 2 is 0.970 bits per heavy atom. The van der Waals surface area contributed by atoms with Gasteiger partial charge >= 0.3 is 6.16 Å². The van der Waals surface area contributed by atoms with E-state index in [1.165, 1.54) is 54.6 Å². The lowest BCUT2D eigenvalue weighted by atomic mass is 9.75. The van der Waals surface area contributed by atoms with Gasteiger partial charge in [-0.25, -0.2) is 4.79 Å². The third-order valence-corrected chi connectivity index (χ3v) is 15.1. The number of anilines is 4. The Hall–Kier alpha value is -5.29. The summed E-state index contributed by atoms with van der Waals surface area (Å²) in [5, 5.41) is 35.9. The lowest BCUT2D eigenvalue weighted by Gasteiger charge is -2.36. The molecule has 4 N–H and O–H groups in total. The summed E-state index contributed by atoms with van der Waals surface area (Å²) in [5.41, 5.74) is 12.2. The summed E-state index contributed by atoms with van der Waals surface area (Å²) < 4.78 is 12.1. The summed E-state index contributed by atoms with van der Waals surface area (Å²) in [5.74, 6) is 2.46. The fourth-order valence-electron chi connectivity index (χ4n) is 11.7. The fraction of sp³-hybridized carbons (Fsp3) is 0.545. The topological polar surface area (TPSA) is 121 Å². The molecule has 0 spiro atoms. The van der Waals surface area contributed by atoms with E-state index < -0.39 is 6.16 Å². The quantitative estimate of drug-likeness (QED) is 0.113. The lowest BCUT2D eigenvalue weighted by molar-refractivity contribution is -0.0136. The molecule has 1 saturated heterocycles. The zero-order valence-electron chi connectivity index (χ0n) is 40.7. The van der Waals surface area contributed by atoms with E-state index >= 15 is 0 Å². The van der Waals surface area contributed by atoms with Crippen molar-refractivity contribution in [3.05, 3.63) is 70.8 Å². The Labute approximate surface area is 393 Å². The Morgan fingerprint density at radius 1 is 0.576 bits per heavy atom. The van der Waals surface area contributed by atoms with Gasteiger partial charge in [-0.05, 0) is 154 Å². The molecule has 1 saturated carbocycles. The standard InChI is InChI=1S/C31H42N2O4.C20H24N2O2.C4H9N/c1-19(2)23-13-10-20(3)18-26(23)37-31(35)36-25-15-12-22-9-7-17-33(5)30(22)28(25)27-24(34)14-11-21-8-6-16-32(4)29(21)27;1-21-11-3-5-13-7-9-15(23)17(19(13)21)18-16(24)10-8-14-6-4-12-22(2)20(14)18;1-2-4-5-3-1/h11-12,14-15,19-20,23,26,34H,6-10,13,16-18H2,1-5H3;7-10,23-24H,3-6,11-12H2,1-2H3;5H,1-4H2/t20-,23+,26?;;/m1../s1. The number of aromatic hydroxyl groups is 3. The van der Waals surface area contributed by atoms with Gasteiger partial charge < -0.3 is 49.7 Å². The molecule has 5 aliphatic heterocycles. The second kappa shape index (κ2) is 20.7. The summed E-state index contributed by atoms with van der Waals surface area (Å²) in [6.07, 6.45) is 13.4. The molecule has 6 aliphatic rings. The van der Waals surface area contributed by atoms with Crippen LogP contribution < -0.4 is 29.7 Å². The number of phenolic OH excluding ortho intramolecular Hbond substituents is 3. The molecule has 66 heavy (non-hydrogen) atoms. The van der Waals surface area contributed by atoms with Crippen LogP contribution in [0.1, 0.15) is 101 Å². The molecule has 0 aromatic heterocycles. The molecule has 11 nitrogen and oxygen atoms in total. The number of phenols is 3. The highest BCUT2D eigenvalue weighted by Crippen LogP contribution is 2.53. The summed E-state index contributed by atoms with van der Waals surface area (Å²) in [7, 11) is 8.29. The second-order valence-corrected chi connectivity index (χ2v) is 20.2. The first-order valence-corrected chi connectivity index (χ1v) is 25.0. The number of hydrogen-bond acceptors (Lipinski definition) is 11. The average Bonchev–Trinajstić information content (AvgIpc) is 3.89. The van der Waals surface area contributed by atoms with E-state index in [4.69, 9.17) is 9.47 Å². The number of fused-ring (bicyclic) bond motifs is 4. The molecule has 1 aliphatic carbocycles. The van der Waals surface area contributed by atoms with Crippen LogP contribution in [0.3, 0.4) is 0 Å². The molecule has 2 fully saturated rings. The molecular formula is C55H75N5O6. The summed E-state index contributed by atoms with van der Waals surface area (Å²) >= 11 is 0. The first-order valence-electron chi connectivity index (χ1n) is 25.0. The van der Waals surface area contributed by atoms with Crippen molar-refractivity contribution in [3.63, 3.8) is 0 Å². The van der Waals surface area contributed by atoms with E-state index in [1.807, 2.05) is 24.3 Å². The molecule has 10 rings (SSSR count). The minimum Gasteiger partial charge on any atom is -0.507 e. The predicted molar refractivity (Wildman–Crippen MR) is 269 cm³/mol. The Kier molecular flexibility index (Phi) is 14.8. The van der Waals surface area contributed by atoms with Gasteiger partial charge in [0.1, 0.15) is 29.1 Å². The third kappa shape index (κ3) is 9.88. The molecule has 1 unspecified atom stereocenters. The highest BCUT2D eigenvalue weighted by molar-refractivity contribution is 5.98. The summed E-state index contributed by atoms with van der Waals surface area (Å²) in [6, 6.07) is 15.3. The van der Waals surface area contributed by atoms with Crippen molar-refractivity contribution < 1.29 is 29.6 Å². The molecule has 3 atom stereocenters. The normalized spacial score (nSPS) is 21.1. The van der Waals surface area contributed by atoms with Crippen molar-refractivity contribution in [3.8, 4) is 45.3 Å². The van der Waals surface area contributed by atoms with Crippen LogP contribution >= 0.6 is 0 Å². The number of benzene rings is 4. The van der Waals surface area contributed by atoms with Crippen molar-refractivity contribution in [2.24, 2.45) is 17.8 Å². The van der Waals surface area contributed by atoms with Gasteiger partial charge in [-0.3, -0.25) is 0 Å². The van der Waals surface area contributed by atoms with E-state index in [1.54, 1.807) is 18.2 Å². The molecule has 5 heterocycles. The van der Waals surface area contributed by atoms with Crippen LogP contribution in [0.25, 0.3) is 22.3 Å². The highest BCUT2D eigenvalue weighted by atomic mass is 16.7. The number of nitrogens with zero attached hydrogens (tertiary/aromatic N) is 4. The van der Waals surface area contributed by atoms with Crippen molar-refractivity contribution in [2.75, 3.05) is 87.1 Å². The molecule has 0 radical (unpaired) electrons. The van der Waals surface area contributed by atoms with Gasteiger partial charge in [0.15, 0.2) is 0 Å². The van der Waals surface area contributed by atoms with E-state index in [2.05, 4.69) is 79.9 Å². The number of rotatable bonds is 5. The first-order chi connectivity index (χ1) is 31.8. The second-order valence-electron chi connectivity index (χ2n) is 20.2. The molecule has 4 aromatic rings. The zero-order chi connectivity index (χ0) is 46.6. The number of nitrogens with one attached hydrogen (secondary N) is 1. The number of carbonyl (C=O) groups is 1. The molecule has 11 heteroatoms. The highest BCUT2D eigenvalue weighted by Gasteiger charge is 2.36. The minimum absolute atomic E-state index is 0.135. The minimum atomic E-state index is -0.651. The number of hydrogen-bond donors (Lipinski definition) is 4. The maximum absolute atomic E-state index is 13.3. The molecule has 356 valence electrons. The molecule has 0 bridgehead atoms. The van der Waals surface area contributed by atoms with Crippen LogP contribution in [-0.2, 0) is 30.4 Å². The van der Waals surface area contributed by atoms with Gasteiger partial charge in [0, 0.05) is 54.4 Å². The summed E-state index contributed by atoms with van der Waals surface area (Å²) in [4.78, 5) is 22.1. The van der Waals surface area contributed by atoms with Crippen LogP contribution in [-0.4, -0.2) is 95.0 Å². The fourth-order valence-corrected chi connectivity index (χ4v) is 11.7. The van der Waals surface area contributed by atoms with Gasteiger partial charge in [0.05, 0.1) is 45.0 Å². The van der Waals surface area contributed by atoms with Crippen LogP contribution in [0.2, 0.25) is 0 Å². The summed E-state index contributed by atoms with van der Waals surface area (Å²) in [6.45, 7) is 12.9. The lowest BCUT2D eigenvalue weighted by Crippen LogP contribution is -2.36. The molecule has 4 aromatic carbocycles. The van der Waals surface area contributed by atoms with Gasteiger partial charge in [-0.15, -0.1) is 0 Å². The third-order valence-electron chi connectivity index (χ3n) is 15.1. The Bertz CT molecular complexity index is 2290. The SMILES string of the molecule is C1CCNC1.CC(C)[C@@H]1CC[C@@H](C)CC1OC(=O)Oc1ccc2c(c1-c1c(O)ccc3c1N(C)CCC3)N(C)CCC2.CN1CCCc2ccc(O)c(-c3c(O)ccc4c3N(C)CCC4)c21. The number of ether oxygens (including phenoxy) is 2. The van der Waals surface area contributed by atoms with Crippen LogP contribution in [0, 0.1) is 17.8 Å². The number of carbonyl (C=O) groups excluding carboxylic acids is 1. The van der Waals surface area contributed by atoms with Crippen molar-refractivity contribution >= 4 is 28.9 Å². The van der Waals surface area contributed by atoms with E-state index in [9.17, 15) is 20.1 Å². The van der Waals surface area contributed by atoms with Crippen molar-refractivity contribution in [2.45, 2.75) is 110 Å². The van der Waals surface area contributed by atoms with Crippen LogP contribution in [0.5, 0.6) is 23.0 Å². The predicted octanol–water partition coefficient (Wildman–Crippen LogP) is 10.7. The molecular weight excluding hydrogens is 827 g/mol. The molecule has 0 amide bonds. The van der Waals surface area contributed by atoms with Crippen LogP contribution in [0.4, 0.5) is 27.5 Å². The Balaban J connectivity index is 0.000000173. The average molecular weight is 902 g/mol. The smallest absolute Gasteiger partial charge is 0.507 e. The maximum Gasteiger partial charge on any atom is 0.514 e. The zero-order valence-corrected chi connectivity index (χ0v) is 40.7. The van der Waals surface area contributed by atoms with Gasteiger partial charge in [-0.2, -0.15) is 0 Å². The van der Waals surface area contributed by atoms with Gasteiger partial charge in [0.25, 0.3) is 0 Å². The van der Waals surface area contributed by atoms with E-state index in [0.717, 1.165) is 135 Å². The maximum atomic E-state index is 13.3. The van der Waals surface area contributed by atoms with Crippen LogP contribution in [0.15, 0.2) is 48.5 Å². The number of aryl methyl sites for hydroxylation is 4. The van der Waals surface area contributed by atoms with E-state index in [0.29, 0.717) is 23.5 Å². The van der Waals surface area contributed by atoms with Crippen molar-refractivity contribution in [1.82, 2.24) is 5.32 Å². The van der Waals surface area contributed by atoms with Gasteiger partial charge in [0.2, 0.25) is 0 Å². The largest absolute Gasteiger partial charge is 0.514 e. The first kappa shape index (κ1) is 47.2.